The van der Waals surface area contributed by atoms with Crippen molar-refractivity contribution in [1.29, 1.82) is 0 Å². The quantitative estimate of drug-likeness (QED) is 0.245. The van der Waals surface area contributed by atoms with Gasteiger partial charge in [-0.1, -0.05) is 18.2 Å². The molecule has 2 aromatic heterocycles. The van der Waals surface area contributed by atoms with Crippen molar-refractivity contribution in [3.8, 4) is 0 Å². The molecule has 0 aliphatic carbocycles. The highest BCUT2D eigenvalue weighted by Gasteiger charge is 2.34. The van der Waals surface area contributed by atoms with Crippen molar-refractivity contribution in [1.82, 2.24) is 19.6 Å². The monoisotopic (exact) mass is 627 g/mol. The summed E-state index contributed by atoms with van der Waals surface area (Å²) in [5.74, 6) is -4.31. The molecule has 2 atom stereocenters. The molecule has 13 heteroatoms. The number of amides is 1. The summed E-state index contributed by atoms with van der Waals surface area (Å²) in [5, 5.41) is 5.75. The molecule has 1 aliphatic rings. The third kappa shape index (κ3) is 7.29. The fraction of sp³-hybridized carbons (Fsp3) is 0.258. The normalized spacial score (nSPS) is 16.4. The molecular formula is C31H29F4N5O3S. The van der Waals surface area contributed by atoms with Crippen molar-refractivity contribution in [3.05, 3.63) is 119 Å². The second-order valence-electron chi connectivity index (χ2n) is 10.4. The molecule has 1 saturated heterocycles. The van der Waals surface area contributed by atoms with E-state index in [-0.39, 0.29) is 47.6 Å². The van der Waals surface area contributed by atoms with Crippen LogP contribution in [-0.4, -0.2) is 54.3 Å². The van der Waals surface area contributed by atoms with Gasteiger partial charge in [-0.25, -0.2) is 31.0 Å². The summed E-state index contributed by atoms with van der Waals surface area (Å²) >= 11 is 0. The van der Waals surface area contributed by atoms with Gasteiger partial charge in [-0.3, -0.25) is 9.78 Å². The van der Waals surface area contributed by atoms with Crippen LogP contribution in [0.3, 0.4) is 0 Å². The minimum atomic E-state index is -3.90. The Morgan fingerprint density at radius 2 is 1.73 bits per heavy atom. The number of carbonyl (C=O) groups excluding carboxylic acids is 1. The second kappa shape index (κ2) is 13.6. The lowest BCUT2D eigenvalue weighted by molar-refractivity contribution is -0.116. The SMILES string of the molecule is O=C(C[C@@H](c1ccc(F)cc1)c1cc(F)cc(F)c1)Nc1cncc(F)c1CC[C@H]1CNCCN1S(=O)(=O)c1ccccn1. The van der Waals surface area contributed by atoms with Gasteiger partial charge in [0.15, 0.2) is 5.03 Å². The standard InChI is InChI=1S/C31H29F4N5O3S/c32-22-6-4-20(5-7-22)27(21-13-23(33)15-24(34)14-21)16-30(41)39-29-19-37-18-28(35)26(29)9-8-25-17-36-11-12-40(25)44(42,43)31-3-1-2-10-38-31/h1-7,10,13-15,18-19,25,27,36H,8-9,11-12,16-17H2,(H,39,41)/t25-,27-/m0/s1. The van der Waals surface area contributed by atoms with Crippen LogP contribution < -0.4 is 10.6 Å². The number of pyridine rings is 2. The van der Waals surface area contributed by atoms with E-state index in [2.05, 4.69) is 20.6 Å². The van der Waals surface area contributed by atoms with E-state index in [9.17, 15) is 26.4 Å². The first-order chi connectivity index (χ1) is 21.1. The Kier molecular flexibility index (Phi) is 9.67. The van der Waals surface area contributed by atoms with Gasteiger partial charge in [0.25, 0.3) is 10.0 Å². The largest absolute Gasteiger partial charge is 0.324 e. The summed E-state index contributed by atoms with van der Waals surface area (Å²) < 4.78 is 84.8. The van der Waals surface area contributed by atoms with E-state index in [1.165, 1.54) is 47.0 Å². The highest BCUT2D eigenvalue weighted by molar-refractivity contribution is 7.89. The van der Waals surface area contributed by atoms with Crippen LogP contribution in [-0.2, 0) is 21.2 Å². The molecule has 0 radical (unpaired) electrons. The molecule has 0 saturated carbocycles. The number of sulfonamides is 1. The summed E-state index contributed by atoms with van der Waals surface area (Å²) in [4.78, 5) is 21.1. The first-order valence-corrected chi connectivity index (χ1v) is 15.3. The number of nitrogens with one attached hydrogen (secondary N) is 2. The number of benzene rings is 2. The number of rotatable bonds is 10. The maximum absolute atomic E-state index is 15.1. The molecule has 0 unspecified atom stereocenters. The van der Waals surface area contributed by atoms with E-state index in [1.54, 1.807) is 12.1 Å². The highest BCUT2D eigenvalue weighted by Crippen LogP contribution is 2.31. The lowest BCUT2D eigenvalue weighted by atomic mass is 9.88. The predicted molar refractivity (Wildman–Crippen MR) is 155 cm³/mol. The van der Waals surface area contributed by atoms with Crippen LogP contribution in [0.5, 0.6) is 0 Å². The smallest absolute Gasteiger partial charge is 0.260 e. The summed E-state index contributed by atoms with van der Waals surface area (Å²) in [5.41, 5.74) is 0.828. The number of nitrogens with zero attached hydrogens (tertiary/aromatic N) is 3. The average molecular weight is 628 g/mol. The Morgan fingerprint density at radius 1 is 0.977 bits per heavy atom. The number of piperazine rings is 1. The van der Waals surface area contributed by atoms with Crippen LogP contribution >= 0.6 is 0 Å². The van der Waals surface area contributed by atoms with Crippen LogP contribution in [0.25, 0.3) is 0 Å². The van der Waals surface area contributed by atoms with E-state index in [4.69, 9.17) is 0 Å². The highest BCUT2D eigenvalue weighted by atomic mass is 32.2. The minimum absolute atomic E-state index is 0.0705. The van der Waals surface area contributed by atoms with Crippen molar-refractivity contribution in [2.45, 2.75) is 36.2 Å². The number of carbonyl (C=O) groups is 1. The lowest BCUT2D eigenvalue weighted by Gasteiger charge is -2.35. The number of hydrogen-bond donors (Lipinski definition) is 2. The van der Waals surface area contributed by atoms with Crippen molar-refractivity contribution in [3.63, 3.8) is 0 Å². The molecule has 1 fully saturated rings. The molecule has 2 aromatic carbocycles. The van der Waals surface area contributed by atoms with Crippen LogP contribution in [0.4, 0.5) is 23.2 Å². The van der Waals surface area contributed by atoms with Gasteiger partial charge in [0.1, 0.15) is 23.3 Å². The van der Waals surface area contributed by atoms with Crippen LogP contribution in [0.1, 0.15) is 35.4 Å². The zero-order valence-corrected chi connectivity index (χ0v) is 24.2. The van der Waals surface area contributed by atoms with Gasteiger partial charge in [0.2, 0.25) is 5.91 Å². The Morgan fingerprint density at radius 3 is 2.43 bits per heavy atom. The lowest BCUT2D eigenvalue weighted by Crippen LogP contribution is -2.53. The second-order valence-corrected chi connectivity index (χ2v) is 12.2. The number of halogens is 4. The molecule has 0 spiro atoms. The fourth-order valence-electron chi connectivity index (χ4n) is 5.35. The molecule has 5 rings (SSSR count). The molecule has 1 amide bonds. The Hall–Kier alpha value is -4.20. The maximum Gasteiger partial charge on any atom is 0.260 e. The van der Waals surface area contributed by atoms with E-state index in [0.717, 1.165) is 18.3 Å². The third-order valence-electron chi connectivity index (χ3n) is 7.46. The van der Waals surface area contributed by atoms with Gasteiger partial charge in [-0.05, 0) is 60.4 Å². The van der Waals surface area contributed by atoms with Gasteiger partial charge in [0, 0.05) is 55.8 Å². The minimum Gasteiger partial charge on any atom is -0.324 e. The maximum atomic E-state index is 15.1. The number of anilines is 1. The summed E-state index contributed by atoms with van der Waals surface area (Å²) in [6, 6.07) is 12.2. The van der Waals surface area contributed by atoms with Gasteiger partial charge < -0.3 is 10.6 Å². The number of aromatic nitrogens is 2. The van der Waals surface area contributed by atoms with E-state index in [0.29, 0.717) is 24.7 Å². The summed E-state index contributed by atoms with van der Waals surface area (Å²) in [7, 11) is -3.90. The van der Waals surface area contributed by atoms with Crippen LogP contribution in [0, 0.1) is 23.3 Å². The van der Waals surface area contributed by atoms with E-state index in [1.807, 2.05) is 0 Å². The first kappa shape index (κ1) is 31.2. The molecule has 3 heterocycles. The Balaban J connectivity index is 1.35. The predicted octanol–water partition coefficient (Wildman–Crippen LogP) is 4.79. The zero-order valence-electron chi connectivity index (χ0n) is 23.4. The van der Waals surface area contributed by atoms with Gasteiger partial charge in [0.05, 0.1) is 18.1 Å². The van der Waals surface area contributed by atoms with Crippen molar-refractivity contribution in [2.75, 3.05) is 25.0 Å². The fourth-order valence-corrected chi connectivity index (χ4v) is 6.93. The van der Waals surface area contributed by atoms with Crippen molar-refractivity contribution in [2.24, 2.45) is 0 Å². The van der Waals surface area contributed by atoms with Crippen LogP contribution in [0.2, 0.25) is 0 Å². The van der Waals surface area contributed by atoms with Crippen LogP contribution in [0.15, 0.2) is 84.3 Å². The third-order valence-corrected chi connectivity index (χ3v) is 9.33. The molecule has 230 valence electrons. The zero-order chi connectivity index (χ0) is 31.3. The van der Waals surface area contributed by atoms with Crippen molar-refractivity contribution >= 4 is 21.6 Å². The molecule has 44 heavy (non-hydrogen) atoms. The van der Waals surface area contributed by atoms with E-state index >= 15 is 4.39 Å². The summed E-state index contributed by atoms with van der Waals surface area (Å²) in [6.45, 7) is 0.985. The Labute approximate surface area is 252 Å². The molecule has 8 nitrogen and oxygen atoms in total. The summed E-state index contributed by atoms with van der Waals surface area (Å²) in [6.07, 6.45) is 3.69. The average Bonchev–Trinajstić information content (AvgIpc) is 3.00. The van der Waals surface area contributed by atoms with Gasteiger partial charge >= 0.3 is 0 Å². The topological polar surface area (TPSA) is 104 Å². The first-order valence-electron chi connectivity index (χ1n) is 13.9. The number of hydrogen-bond acceptors (Lipinski definition) is 6. The molecule has 0 bridgehead atoms. The Bertz CT molecular complexity index is 1710. The molecular weight excluding hydrogens is 598 g/mol. The van der Waals surface area contributed by atoms with Crippen molar-refractivity contribution < 1.29 is 30.8 Å². The van der Waals surface area contributed by atoms with Gasteiger partial charge in [-0.2, -0.15) is 4.31 Å². The van der Waals surface area contributed by atoms with Gasteiger partial charge in [-0.15, -0.1) is 0 Å². The van der Waals surface area contributed by atoms with E-state index < -0.39 is 51.2 Å². The molecule has 2 N–H and O–H groups in total. The molecule has 4 aromatic rings. The molecule has 1 aliphatic heterocycles.